The summed E-state index contributed by atoms with van der Waals surface area (Å²) in [7, 11) is 0. The van der Waals surface area contributed by atoms with Crippen molar-refractivity contribution in [3.63, 3.8) is 0 Å². The van der Waals surface area contributed by atoms with E-state index >= 15 is 0 Å². The summed E-state index contributed by atoms with van der Waals surface area (Å²) in [6.07, 6.45) is 2.96. The lowest BCUT2D eigenvalue weighted by Crippen LogP contribution is -2.35. The topological polar surface area (TPSA) is 114 Å². The number of aromatic nitrogens is 3. The van der Waals surface area contributed by atoms with Gasteiger partial charge in [0.1, 0.15) is 18.2 Å². The number of pyridine rings is 1. The highest BCUT2D eigenvalue weighted by Gasteiger charge is 2.26. The van der Waals surface area contributed by atoms with Crippen LogP contribution in [-0.2, 0) is 24.4 Å². The van der Waals surface area contributed by atoms with E-state index in [2.05, 4.69) is 9.47 Å². The van der Waals surface area contributed by atoms with Crippen LogP contribution in [-0.4, -0.2) is 56.3 Å². The number of aromatic carboxylic acids is 1. The number of hydrogen-bond acceptors (Lipinski definition) is 7. The van der Waals surface area contributed by atoms with Crippen molar-refractivity contribution in [2.24, 2.45) is 0 Å². The molecule has 210 valence electrons. The van der Waals surface area contributed by atoms with Crippen LogP contribution in [0.15, 0.2) is 54.6 Å². The minimum absolute atomic E-state index is 0.0350. The lowest BCUT2D eigenvalue weighted by atomic mass is 9.93. The summed E-state index contributed by atoms with van der Waals surface area (Å²) < 4.78 is 27.8. The van der Waals surface area contributed by atoms with E-state index in [0.717, 1.165) is 61.5 Å². The molecule has 4 heterocycles. The average Bonchev–Trinajstić information content (AvgIpc) is 3.30. The standard InChI is InChI=1S/C31H30FN5O4/c32-25-14-20(16-33)4-5-23(25)19-41-30-3-1-2-26(35-30)21-8-11-36(12-9-21)18-29-34-27-7-6-22(31(38)39)15-28(27)37(29)17-24-10-13-40-24/h1-7,14-15,21,24H,8-13,17-19H2,(H,38,39)/t24-/m0/s1. The van der Waals surface area contributed by atoms with Gasteiger partial charge >= 0.3 is 5.97 Å². The Bertz CT molecular complexity index is 1620. The van der Waals surface area contributed by atoms with Crippen molar-refractivity contribution in [2.75, 3.05) is 19.7 Å². The highest BCUT2D eigenvalue weighted by Crippen LogP contribution is 2.30. The summed E-state index contributed by atoms with van der Waals surface area (Å²) in [6, 6.07) is 17.0. The predicted octanol–water partition coefficient (Wildman–Crippen LogP) is 4.89. The van der Waals surface area contributed by atoms with Crippen LogP contribution in [0, 0.1) is 17.1 Å². The second kappa shape index (κ2) is 11.6. The minimum Gasteiger partial charge on any atom is -0.478 e. The first-order chi connectivity index (χ1) is 20.0. The number of piperidine rings is 1. The van der Waals surface area contributed by atoms with Crippen molar-refractivity contribution in [1.82, 2.24) is 19.4 Å². The molecule has 0 unspecified atom stereocenters. The molecule has 2 aliphatic heterocycles. The summed E-state index contributed by atoms with van der Waals surface area (Å²) in [5.74, 6) is 0.222. The van der Waals surface area contributed by atoms with Crippen LogP contribution in [0.25, 0.3) is 11.0 Å². The van der Waals surface area contributed by atoms with E-state index in [1.807, 2.05) is 18.2 Å². The van der Waals surface area contributed by atoms with E-state index < -0.39 is 11.8 Å². The van der Waals surface area contributed by atoms with Crippen LogP contribution in [0.5, 0.6) is 5.88 Å². The minimum atomic E-state index is -0.951. The molecule has 2 aliphatic rings. The molecule has 2 saturated heterocycles. The van der Waals surface area contributed by atoms with Gasteiger partial charge in [0.2, 0.25) is 5.88 Å². The Morgan fingerprint density at radius 2 is 1.95 bits per heavy atom. The average molecular weight is 556 g/mol. The largest absolute Gasteiger partial charge is 0.478 e. The highest BCUT2D eigenvalue weighted by atomic mass is 19.1. The monoisotopic (exact) mass is 555 g/mol. The molecule has 6 rings (SSSR count). The van der Waals surface area contributed by atoms with E-state index in [9.17, 15) is 14.3 Å². The maximum absolute atomic E-state index is 14.2. The van der Waals surface area contributed by atoms with Gasteiger partial charge in [-0.05, 0) is 68.8 Å². The molecule has 0 spiro atoms. The van der Waals surface area contributed by atoms with Crippen molar-refractivity contribution in [2.45, 2.75) is 51.0 Å². The van der Waals surface area contributed by atoms with Crippen LogP contribution in [0.1, 0.15) is 58.2 Å². The molecule has 0 radical (unpaired) electrons. The molecule has 0 bridgehead atoms. The Morgan fingerprint density at radius 3 is 2.66 bits per heavy atom. The normalized spacial score (nSPS) is 17.7. The van der Waals surface area contributed by atoms with E-state index in [-0.39, 0.29) is 29.8 Å². The van der Waals surface area contributed by atoms with Crippen LogP contribution < -0.4 is 4.74 Å². The SMILES string of the molecule is N#Cc1ccc(COc2cccc(C3CCN(Cc4nc5ccc(C(=O)O)cc5n4C[C@@H]4CCO4)CC3)n2)c(F)c1. The summed E-state index contributed by atoms with van der Waals surface area (Å²) in [5, 5.41) is 18.4. The number of halogens is 1. The maximum atomic E-state index is 14.2. The number of nitriles is 1. The fourth-order valence-electron chi connectivity index (χ4n) is 5.47. The third kappa shape index (κ3) is 5.92. The smallest absolute Gasteiger partial charge is 0.335 e. The zero-order chi connectivity index (χ0) is 28.3. The van der Waals surface area contributed by atoms with E-state index in [1.165, 1.54) is 6.07 Å². The Morgan fingerprint density at radius 1 is 1.12 bits per heavy atom. The van der Waals surface area contributed by atoms with E-state index in [1.54, 1.807) is 36.4 Å². The Labute approximate surface area is 236 Å². The fourth-order valence-corrected chi connectivity index (χ4v) is 5.47. The van der Waals surface area contributed by atoms with Crippen LogP contribution in [0.4, 0.5) is 4.39 Å². The quantitative estimate of drug-likeness (QED) is 0.311. The van der Waals surface area contributed by atoms with Crippen molar-refractivity contribution >= 4 is 17.0 Å². The number of fused-ring (bicyclic) bond motifs is 1. The van der Waals surface area contributed by atoms with E-state index in [0.29, 0.717) is 24.5 Å². The molecule has 2 aromatic carbocycles. The molecule has 0 saturated carbocycles. The van der Waals surface area contributed by atoms with Gasteiger partial charge in [-0.2, -0.15) is 5.26 Å². The van der Waals surface area contributed by atoms with E-state index in [4.69, 9.17) is 24.7 Å². The Kier molecular flexibility index (Phi) is 7.63. The summed E-state index contributed by atoms with van der Waals surface area (Å²) in [5.41, 5.74) is 3.47. The molecule has 9 nitrogen and oxygen atoms in total. The number of imidazole rings is 1. The Balaban J connectivity index is 1.10. The number of carboxylic acids is 1. The van der Waals surface area contributed by atoms with Gasteiger partial charge in [-0.15, -0.1) is 0 Å². The first-order valence-corrected chi connectivity index (χ1v) is 13.8. The van der Waals surface area contributed by atoms with Crippen molar-refractivity contribution < 1.29 is 23.8 Å². The van der Waals surface area contributed by atoms with Gasteiger partial charge in [0.05, 0.1) is 47.4 Å². The number of benzene rings is 2. The number of carboxylic acid groups (broad SMARTS) is 1. The van der Waals surface area contributed by atoms with Gasteiger partial charge < -0.3 is 19.1 Å². The van der Waals surface area contributed by atoms with Crippen LogP contribution in [0.3, 0.4) is 0 Å². The van der Waals surface area contributed by atoms with Crippen LogP contribution >= 0.6 is 0 Å². The fraction of sp³-hybridized carbons (Fsp3) is 0.355. The molecule has 0 amide bonds. The number of ether oxygens (including phenoxy) is 2. The summed E-state index contributed by atoms with van der Waals surface area (Å²) in [6.45, 7) is 3.87. The molecule has 4 aromatic rings. The summed E-state index contributed by atoms with van der Waals surface area (Å²) in [4.78, 5) is 23.5. The van der Waals surface area contributed by atoms with Gasteiger partial charge in [-0.3, -0.25) is 4.90 Å². The third-order valence-electron chi connectivity index (χ3n) is 7.93. The second-order valence-corrected chi connectivity index (χ2v) is 10.6. The van der Waals surface area contributed by atoms with Gasteiger partial charge in [-0.1, -0.05) is 12.1 Å². The maximum Gasteiger partial charge on any atom is 0.335 e. The number of likely N-dealkylation sites (tertiary alicyclic amines) is 1. The first kappa shape index (κ1) is 26.9. The van der Waals surface area contributed by atoms with Crippen molar-refractivity contribution in [3.8, 4) is 11.9 Å². The Hall–Kier alpha value is -4.33. The lowest BCUT2D eigenvalue weighted by molar-refractivity contribution is -0.0592. The van der Waals surface area contributed by atoms with Crippen LogP contribution in [0.2, 0.25) is 0 Å². The zero-order valence-corrected chi connectivity index (χ0v) is 22.5. The van der Waals surface area contributed by atoms with Crippen molar-refractivity contribution in [1.29, 1.82) is 5.26 Å². The molecule has 2 fully saturated rings. The van der Waals surface area contributed by atoms with Gasteiger partial charge in [0, 0.05) is 29.8 Å². The molecular formula is C31H30FN5O4. The molecule has 1 atom stereocenters. The summed E-state index contributed by atoms with van der Waals surface area (Å²) >= 11 is 0. The molecular weight excluding hydrogens is 525 g/mol. The molecule has 41 heavy (non-hydrogen) atoms. The molecule has 10 heteroatoms. The predicted molar refractivity (Wildman–Crippen MR) is 148 cm³/mol. The highest BCUT2D eigenvalue weighted by molar-refractivity contribution is 5.92. The van der Waals surface area contributed by atoms with Gasteiger partial charge in [0.25, 0.3) is 0 Å². The van der Waals surface area contributed by atoms with Gasteiger partial charge in [0.15, 0.2) is 0 Å². The molecule has 1 N–H and O–H groups in total. The van der Waals surface area contributed by atoms with Crippen molar-refractivity contribution in [3.05, 3.63) is 88.6 Å². The molecule has 0 aliphatic carbocycles. The number of carbonyl (C=O) groups is 1. The number of rotatable bonds is 9. The van der Waals surface area contributed by atoms with Gasteiger partial charge in [-0.25, -0.2) is 19.2 Å². The number of nitrogens with zero attached hydrogens (tertiary/aromatic N) is 5. The number of hydrogen-bond donors (Lipinski definition) is 1. The molecule has 2 aromatic heterocycles. The first-order valence-electron chi connectivity index (χ1n) is 13.8. The second-order valence-electron chi connectivity index (χ2n) is 10.6. The third-order valence-corrected chi connectivity index (χ3v) is 7.93. The lowest BCUT2D eigenvalue weighted by Gasteiger charge is -2.32. The zero-order valence-electron chi connectivity index (χ0n) is 22.5.